The maximum atomic E-state index is 12.8. The second-order valence-corrected chi connectivity index (χ2v) is 8.26. The summed E-state index contributed by atoms with van der Waals surface area (Å²) < 4.78 is 11.8. The van der Waals surface area contributed by atoms with Crippen molar-refractivity contribution in [2.75, 3.05) is 20.1 Å². The molecule has 0 fully saturated rings. The maximum Gasteiger partial charge on any atom is 0.251 e. The summed E-state index contributed by atoms with van der Waals surface area (Å²) in [4.78, 5) is 29.0. The molecule has 0 saturated heterocycles. The van der Waals surface area contributed by atoms with Crippen molar-refractivity contribution in [3.8, 4) is 11.5 Å². The van der Waals surface area contributed by atoms with Gasteiger partial charge in [-0.05, 0) is 56.0 Å². The van der Waals surface area contributed by atoms with Gasteiger partial charge in [0.25, 0.3) is 11.8 Å². The van der Waals surface area contributed by atoms with E-state index in [1.807, 2.05) is 37.5 Å². The van der Waals surface area contributed by atoms with Crippen molar-refractivity contribution >= 4 is 28.6 Å². The lowest BCUT2D eigenvalue weighted by molar-refractivity contribution is -0.116. The number of likely N-dealkylation sites (N-methyl/N-ethyl adjacent to an activating group) is 1. The molecule has 168 valence electrons. The van der Waals surface area contributed by atoms with E-state index < -0.39 is 0 Å². The van der Waals surface area contributed by atoms with Gasteiger partial charge in [0.15, 0.2) is 0 Å². The van der Waals surface area contributed by atoms with Crippen molar-refractivity contribution < 1.29 is 19.1 Å². The normalized spacial score (nSPS) is 15.3. The molecule has 2 aliphatic rings. The van der Waals surface area contributed by atoms with Crippen LogP contribution < -0.4 is 20.1 Å². The van der Waals surface area contributed by atoms with Crippen LogP contribution in [0.2, 0.25) is 0 Å². The molecule has 1 aromatic carbocycles. The lowest BCUT2D eigenvalue weighted by atomic mass is 10.2. The minimum atomic E-state index is -0.240. The van der Waals surface area contributed by atoms with Crippen LogP contribution in [-0.4, -0.2) is 43.1 Å². The van der Waals surface area contributed by atoms with E-state index in [-0.39, 0.29) is 17.9 Å². The molecule has 1 aliphatic carbocycles. The van der Waals surface area contributed by atoms with E-state index in [2.05, 4.69) is 15.6 Å². The molecule has 2 N–H and O–H groups in total. The quantitative estimate of drug-likeness (QED) is 0.626. The Morgan fingerprint density at radius 3 is 2.66 bits per heavy atom. The van der Waals surface area contributed by atoms with Crippen LogP contribution in [0.3, 0.4) is 0 Å². The first kappa shape index (κ1) is 23.4. The van der Waals surface area contributed by atoms with E-state index in [9.17, 15) is 9.59 Å². The molecule has 0 aromatic heterocycles. The van der Waals surface area contributed by atoms with Crippen LogP contribution in [0.1, 0.15) is 30.6 Å². The first-order chi connectivity index (χ1) is 15.4. The lowest BCUT2D eigenvalue weighted by Gasteiger charge is -2.15. The number of hydrogen-bond acceptors (Lipinski definition) is 6. The average molecular weight is 454 g/mol. The van der Waals surface area contributed by atoms with Gasteiger partial charge in [-0.25, -0.2) is 0 Å². The number of rotatable bonds is 8. The van der Waals surface area contributed by atoms with E-state index in [1.54, 1.807) is 37.4 Å². The Morgan fingerprint density at radius 1 is 1.12 bits per heavy atom. The van der Waals surface area contributed by atoms with Crippen LogP contribution in [0, 0.1) is 0 Å². The predicted octanol–water partition coefficient (Wildman–Crippen LogP) is 3.76. The van der Waals surface area contributed by atoms with E-state index in [0.717, 1.165) is 5.04 Å². The van der Waals surface area contributed by atoms with Gasteiger partial charge in [0, 0.05) is 24.3 Å². The van der Waals surface area contributed by atoms with Gasteiger partial charge < -0.3 is 20.1 Å². The van der Waals surface area contributed by atoms with Gasteiger partial charge in [0.2, 0.25) is 0 Å². The van der Waals surface area contributed by atoms with Gasteiger partial charge in [-0.1, -0.05) is 23.9 Å². The van der Waals surface area contributed by atoms with Crippen molar-refractivity contribution in [2.45, 2.75) is 26.4 Å². The number of ether oxygens (including phenoxy) is 2. The smallest absolute Gasteiger partial charge is 0.251 e. The average Bonchev–Trinajstić information content (AvgIpc) is 3.02. The fraction of sp³-hybridized carbons (Fsp3) is 0.292. The Kier molecular flexibility index (Phi) is 8.33. The fourth-order valence-corrected chi connectivity index (χ4v) is 3.60. The van der Waals surface area contributed by atoms with Crippen LogP contribution in [0.25, 0.3) is 0 Å². The summed E-state index contributed by atoms with van der Waals surface area (Å²) in [6.07, 6.45) is 9.59. The number of nitrogens with zero attached hydrogens (tertiary/aromatic N) is 1. The molecule has 0 spiro atoms. The molecular formula is C24H27N3O4S. The monoisotopic (exact) mass is 453 g/mol. The zero-order chi connectivity index (χ0) is 22.9. The van der Waals surface area contributed by atoms with Crippen molar-refractivity contribution in [1.29, 1.82) is 0 Å². The number of carbonyl (C=O) groups excluding carboxylic acids is 2. The molecule has 2 amide bonds. The minimum absolute atomic E-state index is 0.0581. The summed E-state index contributed by atoms with van der Waals surface area (Å²) >= 11 is 1.50. The SMILES string of the molecule is CNC(=O)C1=CCC=C(Oc2cc(OC(C)C)cc(C(=O)NCC3=NCC=CS3)c2)C=C1. The van der Waals surface area contributed by atoms with Crippen molar-refractivity contribution in [1.82, 2.24) is 10.6 Å². The molecule has 1 aromatic rings. The molecule has 0 saturated carbocycles. The van der Waals surface area contributed by atoms with Gasteiger partial charge in [-0.3, -0.25) is 14.6 Å². The van der Waals surface area contributed by atoms with Crippen molar-refractivity contribution in [3.05, 3.63) is 70.9 Å². The standard InChI is InChI=1S/C24H27N3O4S/c1-16(2)30-20-12-18(24(29)27-15-22-26-10-5-11-32-22)13-21(14-20)31-19-7-4-6-17(8-9-19)23(28)25-3/h5-9,11-14,16H,4,10,15H2,1-3H3,(H,25,28)(H,27,29). The van der Waals surface area contributed by atoms with E-state index in [0.29, 0.717) is 47.9 Å². The lowest BCUT2D eigenvalue weighted by Crippen LogP contribution is -2.28. The van der Waals surface area contributed by atoms with Crippen LogP contribution in [0.4, 0.5) is 0 Å². The Morgan fingerprint density at radius 2 is 1.94 bits per heavy atom. The highest BCUT2D eigenvalue weighted by Gasteiger charge is 2.14. The number of hydrogen-bond donors (Lipinski definition) is 2. The van der Waals surface area contributed by atoms with E-state index in [1.165, 1.54) is 11.8 Å². The summed E-state index contributed by atoms with van der Waals surface area (Å²) in [7, 11) is 1.59. The van der Waals surface area contributed by atoms with Crippen LogP contribution in [0.15, 0.2) is 70.3 Å². The molecule has 0 radical (unpaired) electrons. The summed E-state index contributed by atoms with van der Waals surface area (Å²) in [6, 6.07) is 5.11. The molecule has 8 heteroatoms. The Labute approximate surface area is 192 Å². The number of aliphatic imine (C=N–C) groups is 1. The second-order valence-electron chi connectivity index (χ2n) is 7.28. The summed E-state index contributed by atoms with van der Waals surface area (Å²) in [6.45, 7) is 4.83. The molecule has 3 rings (SSSR count). The first-order valence-corrected chi connectivity index (χ1v) is 11.3. The van der Waals surface area contributed by atoms with Gasteiger partial charge in [-0.2, -0.15) is 0 Å². The second kappa shape index (κ2) is 11.4. The largest absolute Gasteiger partial charge is 0.491 e. The first-order valence-electron chi connectivity index (χ1n) is 10.4. The third-order valence-corrected chi connectivity index (χ3v) is 5.27. The fourth-order valence-electron chi connectivity index (χ4n) is 2.95. The van der Waals surface area contributed by atoms with Gasteiger partial charge in [0.1, 0.15) is 17.3 Å². The molecule has 1 aliphatic heterocycles. The molecule has 0 bridgehead atoms. The highest BCUT2D eigenvalue weighted by molar-refractivity contribution is 8.16. The van der Waals surface area contributed by atoms with Gasteiger partial charge >= 0.3 is 0 Å². The number of nitrogens with one attached hydrogen (secondary N) is 2. The summed E-state index contributed by atoms with van der Waals surface area (Å²) in [5.74, 6) is 1.19. The Bertz CT molecular complexity index is 1020. The van der Waals surface area contributed by atoms with Crippen LogP contribution >= 0.6 is 11.8 Å². The van der Waals surface area contributed by atoms with E-state index in [4.69, 9.17) is 9.47 Å². The number of amides is 2. The highest BCUT2D eigenvalue weighted by atomic mass is 32.2. The number of carbonyl (C=O) groups is 2. The molecule has 0 unspecified atom stereocenters. The van der Waals surface area contributed by atoms with Crippen LogP contribution in [-0.2, 0) is 4.79 Å². The molecule has 32 heavy (non-hydrogen) atoms. The molecule has 7 nitrogen and oxygen atoms in total. The third-order valence-electron chi connectivity index (χ3n) is 4.40. The highest BCUT2D eigenvalue weighted by Crippen LogP contribution is 2.26. The number of benzene rings is 1. The summed E-state index contributed by atoms with van der Waals surface area (Å²) in [5.41, 5.74) is 0.995. The van der Waals surface area contributed by atoms with Crippen molar-refractivity contribution in [3.63, 3.8) is 0 Å². The number of allylic oxidation sites excluding steroid dienone is 3. The Hall–Kier alpha value is -3.26. The van der Waals surface area contributed by atoms with Gasteiger partial charge in [-0.15, -0.1) is 0 Å². The Balaban J connectivity index is 1.75. The van der Waals surface area contributed by atoms with E-state index >= 15 is 0 Å². The predicted molar refractivity (Wildman–Crippen MR) is 128 cm³/mol. The number of thioether (sulfide) groups is 1. The third kappa shape index (κ3) is 6.88. The topological polar surface area (TPSA) is 89.0 Å². The molecular weight excluding hydrogens is 426 g/mol. The van der Waals surface area contributed by atoms with Gasteiger partial charge in [0.05, 0.1) is 24.2 Å². The van der Waals surface area contributed by atoms with Crippen molar-refractivity contribution in [2.24, 2.45) is 4.99 Å². The zero-order valence-corrected chi connectivity index (χ0v) is 19.2. The minimum Gasteiger partial charge on any atom is -0.491 e. The molecule has 1 heterocycles. The maximum absolute atomic E-state index is 12.8. The van der Waals surface area contributed by atoms with Crippen LogP contribution in [0.5, 0.6) is 11.5 Å². The zero-order valence-electron chi connectivity index (χ0n) is 18.4. The summed E-state index contributed by atoms with van der Waals surface area (Å²) in [5, 5.41) is 8.34. The molecule has 0 atom stereocenters.